The Bertz CT molecular complexity index is 535. The van der Waals surface area contributed by atoms with Gasteiger partial charge in [-0.3, -0.25) is 4.79 Å². The molecular formula is C13H16N4O2. The third kappa shape index (κ3) is 2.98. The summed E-state index contributed by atoms with van der Waals surface area (Å²) in [5.41, 5.74) is 6.98. The van der Waals surface area contributed by atoms with E-state index in [-0.39, 0.29) is 12.5 Å². The molecule has 6 heteroatoms. The Hall–Kier alpha value is -2.18. The van der Waals surface area contributed by atoms with Crippen LogP contribution in [0.2, 0.25) is 0 Å². The van der Waals surface area contributed by atoms with Gasteiger partial charge < -0.3 is 20.4 Å². The molecule has 3 N–H and O–H groups in total. The van der Waals surface area contributed by atoms with Crippen LogP contribution in [0.1, 0.15) is 0 Å². The molecule has 0 radical (unpaired) electrons. The van der Waals surface area contributed by atoms with Crippen LogP contribution in [0, 0.1) is 0 Å². The van der Waals surface area contributed by atoms with Gasteiger partial charge in [0.1, 0.15) is 6.10 Å². The molecular weight excluding hydrogens is 244 g/mol. The monoisotopic (exact) mass is 260 g/mol. The van der Waals surface area contributed by atoms with E-state index in [2.05, 4.69) is 10.3 Å². The highest BCUT2D eigenvalue weighted by atomic mass is 16.5. The lowest BCUT2D eigenvalue weighted by atomic mass is 10.2. The fourth-order valence-corrected chi connectivity index (χ4v) is 1.73. The van der Waals surface area contributed by atoms with Crippen molar-refractivity contribution in [2.24, 2.45) is 5.73 Å². The Labute approximate surface area is 111 Å². The van der Waals surface area contributed by atoms with Gasteiger partial charge >= 0.3 is 0 Å². The van der Waals surface area contributed by atoms with Gasteiger partial charge in [-0.05, 0) is 12.1 Å². The van der Waals surface area contributed by atoms with Crippen LogP contribution < -0.4 is 11.1 Å². The first-order valence-electron chi connectivity index (χ1n) is 5.87. The van der Waals surface area contributed by atoms with Gasteiger partial charge in [0, 0.05) is 26.0 Å². The maximum Gasteiger partial charge on any atom is 0.254 e. The molecule has 1 heterocycles. The highest BCUT2D eigenvalue weighted by Gasteiger charge is 2.17. The van der Waals surface area contributed by atoms with Crippen molar-refractivity contribution in [3.8, 4) is 5.69 Å². The number of rotatable bonds is 5. The molecule has 6 nitrogen and oxygen atoms in total. The van der Waals surface area contributed by atoms with Crippen molar-refractivity contribution in [3.63, 3.8) is 0 Å². The molecule has 0 spiro atoms. The first-order chi connectivity index (χ1) is 9.26. The molecule has 2 rings (SSSR count). The minimum atomic E-state index is -0.657. The molecule has 100 valence electrons. The van der Waals surface area contributed by atoms with E-state index in [4.69, 9.17) is 10.5 Å². The summed E-state index contributed by atoms with van der Waals surface area (Å²) in [5.74, 6) is -0.266. The number of methoxy groups -OCH3 is 1. The third-order valence-corrected chi connectivity index (χ3v) is 2.74. The van der Waals surface area contributed by atoms with Crippen molar-refractivity contribution in [2.45, 2.75) is 6.10 Å². The maximum absolute atomic E-state index is 12.0. The number of carbonyl (C=O) groups excluding carboxylic acids is 1. The lowest BCUT2D eigenvalue weighted by Gasteiger charge is -2.15. The third-order valence-electron chi connectivity index (χ3n) is 2.74. The highest BCUT2D eigenvalue weighted by Crippen LogP contribution is 2.19. The molecule has 19 heavy (non-hydrogen) atoms. The van der Waals surface area contributed by atoms with E-state index in [1.807, 2.05) is 35.0 Å². The summed E-state index contributed by atoms with van der Waals surface area (Å²) in [5, 5.41) is 2.81. The van der Waals surface area contributed by atoms with E-state index >= 15 is 0 Å². The Kier molecular flexibility index (Phi) is 4.27. The highest BCUT2D eigenvalue weighted by molar-refractivity contribution is 5.96. The maximum atomic E-state index is 12.0. The summed E-state index contributed by atoms with van der Waals surface area (Å²) in [6.45, 7) is 0.134. The molecule has 0 saturated carbocycles. The predicted octanol–water partition coefficient (Wildman–Crippen LogP) is 0.784. The van der Waals surface area contributed by atoms with E-state index in [1.165, 1.54) is 7.11 Å². The molecule has 1 unspecified atom stereocenters. The van der Waals surface area contributed by atoms with Crippen molar-refractivity contribution in [2.75, 3.05) is 19.0 Å². The van der Waals surface area contributed by atoms with Crippen LogP contribution >= 0.6 is 0 Å². The number of carbonyl (C=O) groups is 1. The number of para-hydroxylation sites is 2. The van der Waals surface area contributed by atoms with Gasteiger partial charge in [-0.15, -0.1) is 0 Å². The van der Waals surface area contributed by atoms with Crippen LogP contribution in [0.4, 0.5) is 5.69 Å². The summed E-state index contributed by atoms with van der Waals surface area (Å²) in [4.78, 5) is 15.9. The zero-order valence-electron chi connectivity index (χ0n) is 10.6. The molecule has 1 amide bonds. The molecule has 2 aromatic rings. The first kappa shape index (κ1) is 13.3. The van der Waals surface area contributed by atoms with E-state index in [1.54, 1.807) is 12.5 Å². The van der Waals surface area contributed by atoms with Crippen LogP contribution in [0.5, 0.6) is 0 Å². The van der Waals surface area contributed by atoms with Crippen molar-refractivity contribution >= 4 is 11.6 Å². The van der Waals surface area contributed by atoms with Gasteiger partial charge in [0.25, 0.3) is 5.91 Å². The average Bonchev–Trinajstić information content (AvgIpc) is 2.94. The topological polar surface area (TPSA) is 82.2 Å². The van der Waals surface area contributed by atoms with Gasteiger partial charge in [-0.25, -0.2) is 4.98 Å². The number of benzene rings is 1. The second-order valence-corrected chi connectivity index (χ2v) is 3.94. The predicted molar refractivity (Wildman–Crippen MR) is 72.0 cm³/mol. The number of anilines is 1. The number of amides is 1. The number of ether oxygens (including phenoxy) is 1. The zero-order chi connectivity index (χ0) is 13.7. The molecule has 0 aliphatic heterocycles. The van der Waals surface area contributed by atoms with Gasteiger partial charge in [0.15, 0.2) is 0 Å². The lowest BCUT2D eigenvalue weighted by Crippen LogP contribution is -2.36. The van der Waals surface area contributed by atoms with Gasteiger partial charge in [-0.1, -0.05) is 12.1 Å². The smallest absolute Gasteiger partial charge is 0.254 e. The Morgan fingerprint density at radius 2 is 2.32 bits per heavy atom. The van der Waals surface area contributed by atoms with Crippen LogP contribution in [-0.4, -0.2) is 35.2 Å². The summed E-state index contributed by atoms with van der Waals surface area (Å²) in [7, 11) is 1.46. The molecule has 1 atom stereocenters. The normalized spacial score (nSPS) is 12.1. The van der Waals surface area contributed by atoms with E-state index in [0.717, 1.165) is 5.69 Å². The quantitative estimate of drug-likeness (QED) is 0.832. The summed E-state index contributed by atoms with van der Waals surface area (Å²) in [6, 6.07) is 7.44. The number of hydrogen-bond donors (Lipinski definition) is 2. The van der Waals surface area contributed by atoms with Gasteiger partial charge in [-0.2, -0.15) is 0 Å². The second-order valence-electron chi connectivity index (χ2n) is 3.94. The SMILES string of the molecule is COC(CN)C(=O)Nc1ccccc1-n1ccnc1. The largest absolute Gasteiger partial charge is 0.370 e. The number of aromatic nitrogens is 2. The summed E-state index contributed by atoms with van der Waals surface area (Å²) < 4.78 is 6.83. The average molecular weight is 260 g/mol. The van der Waals surface area contributed by atoms with Crippen molar-refractivity contribution < 1.29 is 9.53 Å². The van der Waals surface area contributed by atoms with Crippen LogP contribution in [-0.2, 0) is 9.53 Å². The van der Waals surface area contributed by atoms with Crippen LogP contribution in [0.25, 0.3) is 5.69 Å². The molecule has 1 aromatic heterocycles. The molecule has 0 aliphatic carbocycles. The standard InChI is InChI=1S/C13H16N4O2/c1-19-12(8-14)13(18)16-10-4-2-3-5-11(10)17-7-6-15-9-17/h2-7,9,12H,8,14H2,1H3,(H,16,18). The molecule has 1 aromatic carbocycles. The van der Waals surface area contributed by atoms with Crippen molar-refractivity contribution in [1.82, 2.24) is 9.55 Å². The zero-order valence-corrected chi connectivity index (χ0v) is 10.6. The molecule has 0 bridgehead atoms. The van der Waals surface area contributed by atoms with E-state index < -0.39 is 6.10 Å². The summed E-state index contributed by atoms with van der Waals surface area (Å²) >= 11 is 0. The number of nitrogens with zero attached hydrogens (tertiary/aromatic N) is 2. The van der Waals surface area contributed by atoms with E-state index in [9.17, 15) is 4.79 Å². The minimum Gasteiger partial charge on any atom is -0.370 e. The van der Waals surface area contributed by atoms with Gasteiger partial charge in [0.05, 0.1) is 17.7 Å². The molecule has 0 saturated heterocycles. The van der Waals surface area contributed by atoms with E-state index in [0.29, 0.717) is 5.69 Å². The summed E-state index contributed by atoms with van der Waals surface area (Å²) in [6.07, 6.45) is 4.50. The fourth-order valence-electron chi connectivity index (χ4n) is 1.73. The van der Waals surface area contributed by atoms with Crippen LogP contribution in [0.3, 0.4) is 0 Å². The molecule has 0 aliphatic rings. The van der Waals surface area contributed by atoms with Crippen molar-refractivity contribution in [3.05, 3.63) is 43.0 Å². The Morgan fingerprint density at radius 3 is 2.95 bits per heavy atom. The number of nitrogens with one attached hydrogen (secondary N) is 1. The number of hydrogen-bond acceptors (Lipinski definition) is 4. The minimum absolute atomic E-state index is 0.134. The fraction of sp³-hybridized carbons (Fsp3) is 0.231. The number of imidazole rings is 1. The number of nitrogens with two attached hydrogens (primary N) is 1. The second kappa shape index (κ2) is 6.12. The van der Waals surface area contributed by atoms with Crippen molar-refractivity contribution in [1.29, 1.82) is 0 Å². The lowest BCUT2D eigenvalue weighted by molar-refractivity contribution is -0.125. The Morgan fingerprint density at radius 1 is 1.53 bits per heavy atom. The first-order valence-corrected chi connectivity index (χ1v) is 5.87. The van der Waals surface area contributed by atoms with Crippen LogP contribution in [0.15, 0.2) is 43.0 Å². The molecule has 0 fully saturated rings. The Balaban J connectivity index is 2.24. The van der Waals surface area contributed by atoms with Gasteiger partial charge in [0.2, 0.25) is 0 Å².